The molecule has 4 nitrogen and oxygen atoms in total. The Labute approximate surface area is 122 Å². The molecule has 1 aliphatic carbocycles. The van der Waals surface area contributed by atoms with Crippen LogP contribution in [0.4, 0.5) is 0 Å². The lowest BCUT2D eigenvalue weighted by Gasteiger charge is -2.32. The summed E-state index contributed by atoms with van der Waals surface area (Å²) >= 11 is 0. The third-order valence-corrected chi connectivity index (χ3v) is 4.26. The summed E-state index contributed by atoms with van der Waals surface area (Å²) in [5.41, 5.74) is 5.43. The summed E-state index contributed by atoms with van der Waals surface area (Å²) in [6, 6.07) is 0. The first-order chi connectivity index (χ1) is 8.53. The zero-order chi connectivity index (χ0) is 13.6. The van der Waals surface area contributed by atoms with Gasteiger partial charge < -0.3 is 16.2 Å². The van der Waals surface area contributed by atoms with Crippen LogP contribution in [-0.4, -0.2) is 29.2 Å². The molecule has 0 saturated heterocycles. The predicted octanol–water partition coefficient (Wildman–Crippen LogP) is 1.98. The molecule has 0 heterocycles. The van der Waals surface area contributed by atoms with E-state index in [2.05, 4.69) is 19.2 Å². The van der Waals surface area contributed by atoms with Gasteiger partial charge in [0, 0.05) is 6.54 Å². The highest BCUT2D eigenvalue weighted by Gasteiger charge is 2.35. The maximum Gasteiger partial charge on any atom is 0.240 e. The van der Waals surface area contributed by atoms with Crippen LogP contribution in [0.5, 0.6) is 0 Å². The van der Waals surface area contributed by atoms with E-state index in [1.165, 1.54) is 6.42 Å². The standard InChI is InChI=1S/C14H28N2O2.ClH/c1-3-11(4-2)12(17)10-16-13(18)14(15)8-6-5-7-9-14;/h11-12,17H,3-10,15H2,1-2H3,(H,16,18);1H. The van der Waals surface area contributed by atoms with Gasteiger partial charge in [-0.2, -0.15) is 0 Å². The molecule has 1 atom stereocenters. The number of carbonyl (C=O) groups is 1. The summed E-state index contributed by atoms with van der Waals surface area (Å²) in [5.74, 6) is 0.164. The molecular weight excluding hydrogens is 264 g/mol. The van der Waals surface area contributed by atoms with E-state index in [1.54, 1.807) is 0 Å². The van der Waals surface area contributed by atoms with Gasteiger partial charge in [-0.05, 0) is 18.8 Å². The first kappa shape index (κ1) is 18.7. The van der Waals surface area contributed by atoms with Crippen molar-refractivity contribution >= 4 is 18.3 Å². The van der Waals surface area contributed by atoms with E-state index in [0.717, 1.165) is 38.5 Å². The maximum atomic E-state index is 12.1. The van der Waals surface area contributed by atoms with Crippen LogP contribution in [-0.2, 0) is 4.79 Å². The Morgan fingerprint density at radius 2 is 1.79 bits per heavy atom. The topological polar surface area (TPSA) is 75.3 Å². The molecular formula is C14H29ClN2O2. The quantitative estimate of drug-likeness (QED) is 0.701. The summed E-state index contributed by atoms with van der Waals surface area (Å²) in [5, 5.41) is 12.8. The van der Waals surface area contributed by atoms with Crippen molar-refractivity contribution in [2.75, 3.05) is 6.54 Å². The Morgan fingerprint density at radius 3 is 2.26 bits per heavy atom. The largest absolute Gasteiger partial charge is 0.391 e. The fourth-order valence-corrected chi connectivity index (χ4v) is 2.78. The first-order valence-corrected chi connectivity index (χ1v) is 7.28. The van der Waals surface area contributed by atoms with E-state index >= 15 is 0 Å². The minimum Gasteiger partial charge on any atom is -0.391 e. The maximum absolute atomic E-state index is 12.1. The number of rotatable bonds is 6. The number of carbonyl (C=O) groups excluding carboxylic acids is 1. The van der Waals surface area contributed by atoms with Crippen LogP contribution in [0.2, 0.25) is 0 Å². The van der Waals surface area contributed by atoms with E-state index in [0.29, 0.717) is 6.54 Å². The molecule has 0 aromatic rings. The summed E-state index contributed by atoms with van der Waals surface area (Å²) in [6.07, 6.45) is 6.15. The predicted molar refractivity (Wildman–Crippen MR) is 80.3 cm³/mol. The molecule has 19 heavy (non-hydrogen) atoms. The highest BCUT2D eigenvalue weighted by atomic mass is 35.5. The zero-order valence-corrected chi connectivity index (χ0v) is 13.0. The second-order valence-corrected chi connectivity index (χ2v) is 5.57. The molecule has 1 saturated carbocycles. The minimum absolute atomic E-state index is 0. The van der Waals surface area contributed by atoms with Gasteiger partial charge in [-0.15, -0.1) is 12.4 Å². The number of hydrogen-bond acceptors (Lipinski definition) is 3. The highest BCUT2D eigenvalue weighted by molar-refractivity contribution is 5.86. The van der Waals surface area contributed by atoms with Crippen LogP contribution >= 0.6 is 12.4 Å². The molecule has 0 aromatic heterocycles. The third kappa shape index (κ3) is 5.28. The molecule has 1 amide bonds. The molecule has 0 radical (unpaired) electrons. The number of nitrogens with one attached hydrogen (secondary N) is 1. The molecule has 1 fully saturated rings. The van der Waals surface area contributed by atoms with Crippen molar-refractivity contribution in [2.45, 2.75) is 70.4 Å². The van der Waals surface area contributed by atoms with Crippen molar-refractivity contribution < 1.29 is 9.90 Å². The van der Waals surface area contributed by atoms with Crippen molar-refractivity contribution in [3.05, 3.63) is 0 Å². The monoisotopic (exact) mass is 292 g/mol. The number of nitrogens with two attached hydrogens (primary N) is 1. The van der Waals surface area contributed by atoms with Crippen LogP contribution in [0, 0.1) is 5.92 Å². The Bertz CT molecular complexity index is 264. The van der Waals surface area contributed by atoms with Crippen LogP contribution in [0.1, 0.15) is 58.8 Å². The lowest BCUT2D eigenvalue weighted by molar-refractivity contribution is -0.128. The molecule has 0 bridgehead atoms. The third-order valence-electron chi connectivity index (χ3n) is 4.26. The van der Waals surface area contributed by atoms with E-state index in [4.69, 9.17) is 5.73 Å². The summed E-state index contributed by atoms with van der Waals surface area (Å²) < 4.78 is 0. The van der Waals surface area contributed by atoms with Crippen LogP contribution in [0.25, 0.3) is 0 Å². The van der Waals surface area contributed by atoms with E-state index < -0.39 is 11.6 Å². The SMILES string of the molecule is CCC(CC)C(O)CNC(=O)C1(N)CCCCC1.Cl. The minimum atomic E-state index is -0.702. The highest BCUT2D eigenvalue weighted by Crippen LogP contribution is 2.26. The Morgan fingerprint density at radius 1 is 1.26 bits per heavy atom. The van der Waals surface area contributed by atoms with Crippen molar-refractivity contribution in [1.29, 1.82) is 0 Å². The van der Waals surface area contributed by atoms with Gasteiger partial charge in [-0.1, -0.05) is 46.0 Å². The zero-order valence-electron chi connectivity index (χ0n) is 12.2. The fraction of sp³-hybridized carbons (Fsp3) is 0.929. The summed E-state index contributed by atoms with van der Waals surface area (Å²) in [4.78, 5) is 12.1. The second kappa shape index (κ2) is 8.77. The van der Waals surface area contributed by atoms with Crippen molar-refractivity contribution in [3.8, 4) is 0 Å². The van der Waals surface area contributed by atoms with Gasteiger partial charge in [0.25, 0.3) is 0 Å². The Balaban J connectivity index is 0.00000324. The summed E-state index contributed by atoms with van der Waals surface area (Å²) in [7, 11) is 0. The van der Waals surface area contributed by atoms with Gasteiger partial charge in [0.2, 0.25) is 5.91 Å². The normalized spacial score (nSPS) is 19.6. The van der Waals surface area contributed by atoms with Crippen LogP contribution in [0.15, 0.2) is 0 Å². The van der Waals surface area contributed by atoms with E-state index in [1.807, 2.05) is 0 Å². The van der Waals surface area contributed by atoms with Gasteiger partial charge in [0.1, 0.15) is 0 Å². The average Bonchev–Trinajstić information content (AvgIpc) is 2.38. The number of halogens is 1. The van der Waals surface area contributed by atoms with Crippen molar-refractivity contribution in [3.63, 3.8) is 0 Å². The molecule has 5 heteroatoms. The second-order valence-electron chi connectivity index (χ2n) is 5.57. The number of aliphatic hydroxyl groups is 1. The van der Waals surface area contributed by atoms with Crippen molar-refractivity contribution in [2.24, 2.45) is 11.7 Å². The first-order valence-electron chi connectivity index (χ1n) is 7.28. The molecule has 0 aromatic carbocycles. The van der Waals surface area contributed by atoms with Crippen LogP contribution < -0.4 is 11.1 Å². The molecule has 1 rings (SSSR count). The number of amides is 1. The molecule has 114 valence electrons. The number of hydrogen-bond donors (Lipinski definition) is 3. The lowest BCUT2D eigenvalue weighted by atomic mass is 9.82. The van der Waals surface area contributed by atoms with Gasteiger partial charge in [0.05, 0.1) is 11.6 Å². The van der Waals surface area contributed by atoms with Gasteiger partial charge >= 0.3 is 0 Å². The molecule has 0 aliphatic heterocycles. The van der Waals surface area contributed by atoms with Gasteiger partial charge in [-0.25, -0.2) is 0 Å². The molecule has 1 unspecified atom stereocenters. The van der Waals surface area contributed by atoms with Gasteiger partial charge in [-0.3, -0.25) is 4.79 Å². The van der Waals surface area contributed by atoms with E-state index in [-0.39, 0.29) is 24.2 Å². The van der Waals surface area contributed by atoms with Gasteiger partial charge in [0.15, 0.2) is 0 Å². The molecule has 1 aliphatic rings. The smallest absolute Gasteiger partial charge is 0.240 e. The number of aliphatic hydroxyl groups excluding tert-OH is 1. The Hall–Kier alpha value is -0.320. The lowest BCUT2D eigenvalue weighted by Crippen LogP contribution is -2.56. The fourth-order valence-electron chi connectivity index (χ4n) is 2.78. The Kier molecular flexibility index (Phi) is 8.62. The summed E-state index contributed by atoms with van der Waals surface area (Å²) in [6.45, 7) is 4.44. The molecule has 4 N–H and O–H groups in total. The average molecular weight is 293 g/mol. The molecule has 0 spiro atoms. The van der Waals surface area contributed by atoms with E-state index in [9.17, 15) is 9.90 Å². The van der Waals surface area contributed by atoms with Crippen molar-refractivity contribution in [1.82, 2.24) is 5.32 Å². The van der Waals surface area contributed by atoms with Crippen LogP contribution in [0.3, 0.4) is 0 Å².